The predicted molar refractivity (Wildman–Crippen MR) is 105 cm³/mol. The molecule has 5 nitrogen and oxygen atoms in total. The van der Waals surface area contributed by atoms with Gasteiger partial charge in [0, 0.05) is 5.56 Å². The zero-order valence-corrected chi connectivity index (χ0v) is 14.9. The van der Waals surface area contributed by atoms with E-state index in [1.165, 1.54) is 0 Å². The zero-order valence-electron chi connectivity index (χ0n) is 14.1. The molecule has 2 N–H and O–H groups in total. The molecule has 0 fully saturated rings. The molecule has 0 radical (unpaired) electrons. The lowest BCUT2D eigenvalue weighted by Crippen LogP contribution is -2.17. The number of nitrogens with one attached hydrogen (secondary N) is 2. The fourth-order valence-electron chi connectivity index (χ4n) is 2.35. The summed E-state index contributed by atoms with van der Waals surface area (Å²) in [5, 5.41) is 11.4. The Morgan fingerprint density at radius 2 is 1.88 bits per heavy atom. The summed E-state index contributed by atoms with van der Waals surface area (Å²) in [5.41, 5.74) is 6.13. The van der Waals surface area contributed by atoms with E-state index >= 15 is 0 Å². The SMILES string of the molecule is CC(/C=N/NC(=O)c1cc(-c2ccccc2Cl)n[nH]1)=C\c1ccccc1. The number of nitrogens with zero attached hydrogens (tertiary/aromatic N) is 2. The number of hydrazone groups is 1. The van der Waals surface area contributed by atoms with Crippen molar-refractivity contribution in [3.63, 3.8) is 0 Å². The first-order chi connectivity index (χ1) is 12.6. The Bertz CT molecular complexity index is 961. The maximum atomic E-state index is 12.2. The molecule has 3 aromatic rings. The fourth-order valence-corrected chi connectivity index (χ4v) is 2.58. The topological polar surface area (TPSA) is 70.1 Å². The second kappa shape index (κ2) is 8.27. The van der Waals surface area contributed by atoms with Crippen LogP contribution in [0.3, 0.4) is 0 Å². The van der Waals surface area contributed by atoms with E-state index in [0.717, 1.165) is 16.7 Å². The first-order valence-corrected chi connectivity index (χ1v) is 8.38. The molecule has 0 spiro atoms. The third kappa shape index (κ3) is 4.46. The average Bonchev–Trinajstić information content (AvgIpc) is 3.13. The van der Waals surface area contributed by atoms with Crippen molar-refractivity contribution in [2.24, 2.45) is 5.10 Å². The van der Waals surface area contributed by atoms with Crippen molar-refractivity contribution >= 4 is 29.8 Å². The van der Waals surface area contributed by atoms with Crippen LogP contribution in [0.25, 0.3) is 17.3 Å². The number of aromatic amines is 1. The van der Waals surface area contributed by atoms with Crippen LogP contribution in [0.4, 0.5) is 0 Å². The van der Waals surface area contributed by atoms with Gasteiger partial charge >= 0.3 is 0 Å². The summed E-state index contributed by atoms with van der Waals surface area (Å²) in [6, 6.07) is 18.8. The summed E-state index contributed by atoms with van der Waals surface area (Å²) in [4.78, 5) is 12.2. The molecule has 26 heavy (non-hydrogen) atoms. The third-order valence-corrected chi connectivity index (χ3v) is 3.93. The van der Waals surface area contributed by atoms with Crippen molar-refractivity contribution < 1.29 is 4.79 Å². The number of hydrogen-bond acceptors (Lipinski definition) is 3. The van der Waals surface area contributed by atoms with Crippen LogP contribution in [0.2, 0.25) is 5.02 Å². The monoisotopic (exact) mass is 364 g/mol. The molecule has 0 saturated carbocycles. The quantitative estimate of drug-likeness (QED) is 0.515. The number of carbonyl (C=O) groups excluding carboxylic acids is 1. The summed E-state index contributed by atoms with van der Waals surface area (Å²) < 4.78 is 0. The number of amides is 1. The number of hydrogen-bond donors (Lipinski definition) is 2. The third-order valence-electron chi connectivity index (χ3n) is 3.60. The lowest BCUT2D eigenvalue weighted by atomic mass is 10.1. The van der Waals surface area contributed by atoms with Gasteiger partial charge < -0.3 is 0 Å². The van der Waals surface area contributed by atoms with Crippen molar-refractivity contribution in [3.05, 3.63) is 82.5 Å². The first kappa shape index (κ1) is 17.6. The number of benzene rings is 2. The normalized spacial score (nSPS) is 11.7. The van der Waals surface area contributed by atoms with Gasteiger partial charge in [0.2, 0.25) is 0 Å². The largest absolute Gasteiger partial charge is 0.289 e. The Hall–Kier alpha value is -3.18. The summed E-state index contributed by atoms with van der Waals surface area (Å²) in [6.07, 6.45) is 3.57. The molecule has 1 aromatic heterocycles. The van der Waals surface area contributed by atoms with E-state index < -0.39 is 0 Å². The standard InChI is InChI=1S/C20H17ClN4O/c1-14(11-15-7-3-2-4-8-15)13-22-25-20(26)19-12-18(23-24-19)16-9-5-6-10-17(16)21/h2-13H,1H3,(H,23,24)(H,25,26)/b14-11+,22-13+. The van der Waals surface area contributed by atoms with E-state index in [2.05, 4.69) is 20.7 Å². The van der Waals surface area contributed by atoms with Gasteiger partial charge in [-0.25, -0.2) is 5.43 Å². The Balaban J connectivity index is 1.64. The molecule has 2 aromatic carbocycles. The highest BCUT2D eigenvalue weighted by molar-refractivity contribution is 6.33. The second-order valence-electron chi connectivity index (χ2n) is 5.64. The summed E-state index contributed by atoms with van der Waals surface area (Å²) in [6.45, 7) is 1.91. The van der Waals surface area contributed by atoms with Crippen LogP contribution < -0.4 is 5.43 Å². The van der Waals surface area contributed by atoms with Gasteiger partial charge in [0.25, 0.3) is 5.91 Å². The van der Waals surface area contributed by atoms with Crippen LogP contribution >= 0.6 is 11.6 Å². The van der Waals surface area contributed by atoms with Crippen molar-refractivity contribution in [1.29, 1.82) is 0 Å². The predicted octanol–water partition coefficient (Wildman–Crippen LogP) is 4.55. The highest BCUT2D eigenvalue weighted by Crippen LogP contribution is 2.26. The van der Waals surface area contributed by atoms with Gasteiger partial charge in [0.1, 0.15) is 5.69 Å². The molecule has 0 aliphatic rings. The lowest BCUT2D eigenvalue weighted by Gasteiger charge is -1.98. The lowest BCUT2D eigenvalue weighted by molar-refractivity contribution is 0.0950. The van der Waals surface area contributed by atoms with Crippen LogP contribution in [0.5, 0.6) is 0 Å². The van der Waals surface area contributed by atoms with Crippen molar-refractivity contribution in [3.8, 4) is 11.3 Å². The zero-order chi connectivity index (χ0) is 18.4. The van der Waals surface area contributed by atoms with E-state index in [0.29, 0.717) is 16.4 Å². The number of aromatic nitrogens is 2. The summed E-state index contributed by atoms with van der Waals surface area (Å²) in [5.74, 6) is -0.375. The number of halogens is 1. The molecule has 0 atom stereocenters. The van der Waals surface area contributed by atoms with Gasteiger partial charge in [-0.2, -0.15) is 10.2 Å². The number of rotatable bonds is 5. The number of H-pyrrole nitrogens is 1. The molecule has 1 heterocycles. The van der Waals surface area contributed by atoms with Crippen LogP contribution in [-0.2, 0) is 0 Å². The van der Waals surface area contributed by atoms with Crippen LogP contribution in [-0.4, -0.2) is 22.3 Å². The minimum atomic E-state index is -0.375. The molecule has 0 unspecified atom stereocenters. The Morgan fingerprint density at radius 1 is 1.15 bits per heavy atom. The van der Waals surface area contributed by atoms with Crippen LogP contribution in [0, 0.1) is 0 Å². The summed E-state index contributed by atoms with van der Waals surface area (Å²) in [7, 11) is 0. The van der Waals surface area contributed by atoms with Crippen molar-refractivity contribution in [2.75, 3.05) is 0 Å². The fraction of sp³-hybridized carbons (Fsp3) is 0.0500. The first-order valence-electron chi connectivity index (χ1n) is 8.00. The molecule has 0 aliphatic carbocycles. The molecular formula is C20H17ClN4O. The van der Waals surface area contributed by atoms with Gasteiger partial charge in [-0.05, 0) is 30.2 Å². The van der Waals surface area contributed by atoms with Crippen molar-refractivity contribution in [1.82, 2.24) is 15.6 Å². The molecule has 130 valence electrons. The maximum absolute atomic E-state index is 12.2. The number of carbonyl (C=O) groups is 1. The maximum Gasteiger partial charge on any atom is 0.289 e. The van der Waals surface area contributed by atoms with Gasteiger partial charge in [-0.15, -0.1) is 0 Å². The van der Waals surface area contributed by atoms with Crippen LogP contribution in [0.15, 0.2) is 71.3 Å². The second-order valence-corrected chi connectivity index (χ2v) is 6.05. The Labute approximate surface area is 156 Å². The highest BCUT2D eigenvalue weighted by atomic mass is 35.5. The molecule has 0 bridgehead atoms. The molecule has 0 aliphatic heterocycles. The smallest absolute Gasteiger partial charge is 0.272 e. The van der Waals surface area contributed by atoms with E-state index in [1.54, 1.807) is 18.3 Å². The van der Waals surface area contributed by atoms with E-state index in [1.807, 2.05) is 61.5 Å². The molecule has 3 rings (SSSR count). The Morgan fingerprint density at radius 3 is 2.65 bits per heavy atom. The van der Waals surface area contributed by atoms with Crippen molar-refractivity contribution in [2.45, 2.75) is 6.92 Å². The van der Waals surface area contributed by atoms with Gasteiger partial charge in [0.05, 0.1) is 16.9 Å². The molecule has 1 amide bonds. The van der Waals surface area contributed by atoms with Gasteiger partial charge in [0.15, 0.2) is 0 Å². The molecular weight excluding hydrogens is 348 g/mol. The summed E-state index contributed by atoms with van der Waals surface area (Å²) >= 11 is 6.15. The number of allylic oxidation sites excluding steroid dienone is 1. The van der Waals surface area contributed by atoms with E-state index in [-0.39, 0.29) is 5.91 Å². The highest BCUT2D eigenvalue weighted by Gasteiger charge is 2.12. The molecule has 6 heteroatoms. The molecule has 0 saturated heterocycles. The Kier molecular flexibility index (Phi) is 5.61. The van der Waals surface area contributed by atoms with Gasteiger partial charge in [-0.1, -0.05) is 66.2 Å². The minimum Gasteiger partial charge on any atom is -0.272 e. The van der Waals surface area contributed by atoms with E-state index in [4.69, 9.17) is 11.6 Å². The van der Waals surface area contributed by atoms with Crippen LogP contribution in [0.1, 0.15) is 23.0 Å². The average molecular weight is 365 g/mol. The minimum absolute atomic E-state index is 0.307. The van der Waals surface area contributed by atoms with E-state index in [9.17, 15) is 4.79 Å². The van der Waals surface area contributed by atoms with Gasteiger partial charge in [-0.3, -0.25) is 9.89 Å².